The van der Waals surface area contributed by atoms with Gasteiger partial charge in [-0.25, -0.2) is 13.2 Å². The molecule has 1 heterocycles. The summed E-state index contributed by atoms with van der Waals surface area (Å²) in [5.74, 6) is 0.102. The quantitative estimate of drug-likeness (QED) is 0.135. The second-order valence-corrected chi connectivity index (χ2v) is 12.7. The van der Waals surface area contributed by atoms with Crippen LogP contribution in [0.5, 0.6) is 5.75 Å². The van der Waals surface area contributed by atoms with Gasteiger partial charge in [0.05, 0.1) is 31.8 Å². The van der Waals surface area contributed by atoms with Crippen LogP contribution in [0.25, 0.3) is 11.1 Å². The SMILES string of the molecule is CNC(=O)[C@@H](CCNC(=O)OCc1ccccc1)N(OCCOCCN1CCNCC1)S(=O)(=O)c1ccc(-c2ccc(OC)cc2)cc1. The molecule has 13 nitrogen and oxygen atoms in total. The lowest BCUT2D eigenvalue weighted by atomic mass is 10.1. The second kappa shape index (κ2) is 19.1. The van der Waals surface area contributed by atoms with Gasteiger partial charge in [-0.2, -0.15) is 0 Å². The molecule has 0 aromatic heterocycles. The van der Waals surface area contributed by atoms with Crippen LogP contribution < -0.4 is 20.7 Å². The number of amides is 2. The predicted octanol–water partition coefficient (Wildman–Crippen LogP) is 2.64. The first-order valence-electron chi connectivity index (χ1n) is 15.9. The molecule has 1 aliphatic heterocycles. The average molecular weight is 684 g/mol. The van der Waals surface area contributed by atoms with E-state index in [0.717, 1.165) is 49.4 Å². The average Bonchev–Trinajstić information content (AvgIpc) is 3.13. The topological polar surface area (TPSA) is 148 Å². The lowest BCUT2D eigenvalue weighted by Crippen LogP contribution is -2.50. The number of carbonyl (C=O) groups excluding carboxylic acids is 2. The number of piperazine rings is 1. The molecule has 1 saturated heterocycles. The minimum Gasteiger partial charge on any atom is -0.497 e. The molecule has 14 heteroatoms. The Kier molecular flexibility index (Phi) is 14.6. The number of hydrogen-bond acceptors (Lipinski definition) is 10. The summed E-state index contributed by atoms with van der Waals surface area (Å²) in [6.45, 7) is 4.93. The van der Waals surface area contributed by atoms with Gasteiger partial charge in [0.2, 0.25) is 5.91 Å². The van der Waals surface area contributed by atoms with Gasteiger partial charge in [0.15, 0.2) is 0 Å². The number of rotatable bonds is 18. The summed E-state index contributed by atoms with van der Waals surface area (Å²) in [6, 6.07) is 21.6. The fourth-order valence-corrected chi connectivity index (χ4v) is 6.47. The Morgan fingerprint density at radius 2 is 1.58 bits per heavy atom. The summed E-state index contributed by atoms with van der Waals surface area (Å²) in [5, 5.41) is 8.42. The van der Waals surface area contributed by atoms with Crippen LogP contribution in [0, 0.1) is 0 Å². The van der Waals surface area contributed by atoms with Crippen molar-refractivity contribution < 1.29 is 37.1 Å². The first-order valence-corrected chi connectivity index (χ1v) is 17.3. The molecule has 260 valence electrons. The lowest BCUT2D eigenvalue weighted by molar-refractivity contribution is -0.152. The molecule has 1 fully saturated rings. The first-order chi connectivity index (χ1) is 23.3. The van der Waals surface area contributed by atoms with E-state index in [9.17, 15) is 18.0 Å². The van der Waals surface area contributed by atoms with Crippen molar-refractivity contribution in [3.63, 3.8) is 0 Å². The van der Waals surface area contributed by atoms with Gasteiger partial charge in [-0.3, -0.25) is 14.5 Å². The molecule has 0 radical (unpaired) electrons. The fraction of sp³-hybridized carbons (Fsp3) is 0.412. The zero-order chi connectivity index (χ0) is 34.2. The number of nitrogens with zero attached hydrogens (tertiary/aromatic N) is 2. The Morgan fingerprint density at radius 1 is 0.917 bits per heavy atom. The number of alkyl carbamates (subject to hydrolysis) is 1. The minimum absolute atomic E-state index is 0.0569. The first kappa shape index (κ1) is 36.8. The number of benzene rings is 3. The summed E-state index contributed by atoms with van der Waals surface area (Å²) in [7, 11) is -1.36. The van der Waals surface area contributed by atoms with E-state index in [4.69, 9.17) is 19.0 Å². The number of hydrogen-bond donors (Lipinski definition) is 3. The van der Waals surface area contributed by atoms with Crippen molar-refractivity contribution in [1.29, 1.82) is 0 Å². The molecule has 3 aromatic rings. The molecule has 48 heavy (non-hydrogen) atoms. The fourth-order valence-electron chi connectivity index (χ4n) is 5.03. The smallest absolute Gasteiger partial charge is 0.407 e. The van der Waals surface area contributed by atoms with E-state index in [-0.39, 0.29) is 37.7 Å². The van der Waals surface area contributed by atoms with Crippen molar-refractivity contribution in [3.8, 4) is 16.9 Å². The van der Waals surface area contributed by atoms with Crippen LogP contribution in [0.3, 0.4) is 0 Å². The van der Waals surface area contributed by atoms with Crippen LogP contribution >= 0.6 is 0 Å². The van der Waals surface area contributed by atoms with Crippen LogP contribution in [0.1, 0.15) is 12.0 Å². The third-order valence-electron chi connectivity index (χ3n) is 7.72. The van der Waals surface area contributed by atoms with Gasteiger partial charge in [0.1, 0.15) is 18.4 Å². The highest BCUT2D eigenvalue weighted by molar-refractivity contribution is 7.89. The van der Waals surface area contributed by atoms with Crippen molar-refractivity contribution in [1.82, 2.24) is 25.3 Å². The van der Waals surface area contributed by atoms with E-state index >= 15 is 0 Å². The van der Waals surface area contributed by atoms with Gasteiger partial charge in [-0.05, 0) is 47.4 Å². The molecule has 3 aromatic carbocycles. The Morgan fingerprint density at radius 3 is 2.23 bits per heavy atom. The molecule has 4 rings (SSSR count). The summed E-state index contributed by atoms with van der Waals surface area (Å²) >= 11 is 0. The highest BCUT2D eigenvalue weighted by Gasteiger charge is 2.37. The van der Waals surface area contributed by atoms with Gasteiger partial charge in [-0.1, -0.05) is 59.1 Å². The lowest BCUT2D eigenvalue weighted by Gasteiger charge is -2.29. The largest absolute Gasteiger partial charge is 0.497 e. The Balaban J connectivity index is 1.44. The van der Waals surface area contributed by atoms with Gasteiger partial charge in [0, 0.05) is 46.3 Å². The zero-order valence-electron chi connectivity index (χ0n) is 27.4. The molecular weight excluding hydrogens is 638 g/mol. The maximum Gasteiger partial charge on any atom is 0.407 e. The standard InChI is InChI=1S/C34H45N5O8S/c1-35-33(40)32(16-17-37-34(41)46-26-27-6-4-3-5-7-27)39(47-25-24-45-23-22-38-20-18-36-19-21-38)48(42,43)31-14-10-29(11-15-31)28-8-12-30(44-2)13-9-28/h3-15,32,36H,16-26H2,1-2H3,(H,35,40)(H,37,41)/t32-/m1/s1. The highest BCUT2D eigenvalue weighted by Crippen LogP contribution is 2.26. The van der Waals surface area contributed by atoms with E-state index in [1.165, 1.54) is 19.2 Å². The number of likely N-dealkylation sites (N-methyl/N-ethyl adjacent to an activating group) is 1. The normalized spacial score (nSPS) is 14.3. The van der Waals surface area contributed by atoms with E-state index < -0.39 is 28.1 Å². The van der Waals surface area contributed by atoms with Crippen LogP contribution in [0.15, 0.2) is 83.8 Å². The zero-order valence-corrected chi connectivity index (χ0v) is 28.2. The Labute approximate surface area is 282 Å². The van der Waals surface area contributed by atoms with Crippen molar-refractivity contribution in [2.24, 2.45) is 0 Å². The van der Waals surface area contributed by atoms with Crippen molar-refractivity contribution >= 4 is 22.0 Å². The molecule has 0 bridgehead atoms. The van der Waals surface area contributed by atoms with Crippen molar-refractivity contribution in [2.45, 2.75) is 24.0 Å². The van der Waals surface area contributed by atoms with Gasteiger partial charge in [-0.15, -0.1) is 0 Å². The summed E-state index contributed by atoms with van der Waals surface area (Å²) in [5.41, 5.74) is 2.48. The third-order valence-corrected chi connectivity index (χ3v) is 9.43. The second-order valence-electron chi connectivity index (χ2n) is 11.0. The number of nitrogens with one attached hydrogen (secondary N) is 3. The number of ether oxygens (including phenoxy) is 3. The predicted molar refractivity (Wildman–Crippen MR) is 181 cm³/mol. The summed E-state index contributed by atoms with van der Waals surface area (Å²) in [4.78, 5) is 33.5. The van der Waals surface area contributed by atoms with Crippen LogP contribution in [0.2, 0.25) is 0 Å². The van der Waals surface area contributed by atoms with Gasteiger partial charge in [0.25, 0.3) is 10.0 Å². The molecule has 2 amide bonds. The molecule has 0 saturated carbocycles. The highest BCUT2D eigenvalue weighted by atomic mass is 32.2. The van der Waals surface area contributed by atoms with Crippen molar-refractivity contribution in [3.05, 3.63) is 84.4 Å². The molecule has 0 spiro atoms. The van der Waals surface area contributed by atoms with E-state index in [0.29, 0.717) is 16.8 Å². The van der Waals surface area contributed by atoms with Crippen LogP contribution in [0.4, 0.5) is 4.79 Å². The summed E-state index contributed by atoms with van der Waals surface area (Å²) in [6.07, 6.45) is -0.788. The van der Waals surface area contributed by atoms with Crippen LogP contribution in [-0.2, 0) is 35.7 Å². The Hall–Kier alpha value is -4.05. The number of methoxy groups -OCH3 is 1. The third kappa shape index (κ3) is 11.0. The molecular formula is C34H45N5O8S. The van der Waals surface area contributed by atoms with E-state index in [1.54, 1.807) is 19.2 Å². The van der Waals surface area contributed by atoms with E-state index in [1.807, 2.05) is 54.6 Å². The molecule has 0 aliphatic carbocycles. The van der Waals surface area contributed by atoms with Gasteiger partial charge >= 0.3 is 6.09 Å². The molecule has 1 atom stereocenters. The van der Waals surface area contributed by atoms with Crippen LogP contribution in [-0.4, -0.2) is 109 Å². The number of sulfonamides is 1. The number of carbonyl (C=O) groups is 2. The maximum absolute atomic E-state index is 14.0. The van der Waals surface area contributed by atoms with Gasteiger partial charge < -0.3 is 30.2 Å². The maximum atomic E-state index is 14.0. The Bertz CT molecular complexity index is 1520. The number of hydroxylamine groups is 1. The van der Waals surface area contributed by atoms with Crippen molar-refractivity contribution in [2.75, 3.05) is 73.2 Å². The van der Waals surface area contributed by atoms with E-state index in [2.05, 4.69) is 20.9 Å². The molecule has 3 N–H and O–H groups in total. The minimum atomic E-state index is -4.36. The molecule has 1 aliphatic rings. The molecule has 0 unspecified atom stereocenters. The monoisotopic (exact) mass is 683 g/mol. The summed E-state index contributed by atoms with van der Waals surface area (Å²) < 4.78 is 45.0.